The molecule has 0 aromatic heterocycles. The van der Waals surface area contributed by atoms with Gasteiger partial charge >= 0.3 is 0 Å². The van der Waals surface area contributed by atoms with Crippen LogP contribution in [0.1, 0.15) is 25.3 Å². The molecular weight excluding hydrogens is 218 g/mol. The van der Waals surface area contributed by atoms with E-state index in [1.165, 1.54) is 6.07 Å². The molecule has 1 aliphatic heterocycles. The number of rotatable bonds is 4. The van der Waals surface area contributed by atoms with Gasteiger partial charge in [-0.25, -0.2) is 0 Å². The van der Waals surface area contributed by atoms with Crippen molar-refractivity contribution in [2.24, 2.45) is 0 Å². The van der Waals surface area contributed by atoms with E-state index in [-0.39, 0.29) is 17.1 Å². The van der Waals surface area contributed by atoms with E-state index in [0.29, 0.717) is 12.1 Å². The monoisotopic (exact) mass is 237 g/mol. The molecule has 0 spiro atoms. The summed E-state index contributed by atoms with van der Waals surface area (Å²) >= 11 is 0. The summed E-state index contributed by atoms with van der Waals surface area (Å²) in [4.78, 5) is 0. The zero-order valence-corrected chi connectivity index (χ0v) is 10.1. The van der Waals surface area contributed by atoms with Crippen molar-refractivity contribution in [2.75, 3.05) is 13.2 Å². The molecule has 3 N–H and O–H groups in total. The Hall–Kier alpha value is -1.26. The van der Waals surface area contributed by atoms with Crippen LogP contribution in [0.2, 0.25) is 0 Å². The summed E-state index contributed by atoms with van der Waals surface area (Å²) in [5.41, 5.74) is 0.610. The first-order valence-corrected chi connectivity index (χ1v) is 5.95. The van der Waals surface area contributed by atoms with Crippen molar-refractivity contribution < 1.29 is 14.9 Å². The summed E-state index contributed by atoms with van der Waals surface area (Å²) < 4.78 is 5.66. The van der Waals surface area contributed by atoms with Crippen LogP contribution in [0, 0.1) is 0 Å². The van der Waals surface area contributed by atoms with Crippen molar-refractivity contribution in [3.05, 3.63) is 23.8 Å². The third-order valence-corrected chi connectivity index (χ3v) is 3.21. The van der Waals surface area contributed by atoms with Crippen LogP contribution in [0.15, 0.2) is 18.2 Å². The largest absolute Gasteiger partial charge is 0.504 e. The highest BCUT2D eigenvalue weighted by Crippen LogP contribution is 2.28. The summed E-state index contributed by atoms with van der Waals surface area (Å²) in [7, 11) is 0. The Morgan fingerprint density at radius 2 is 2.24 bits per heavy atom. The van der Waals surface area contributed by atoms with Gasteiger partial charge in [0.15, 0.2) is 11.5 Å². The molecule has 17 heavy (non-hydrogen) atoms. The predicted octanol–water partition coefficient (Wildman–Crippen LogP) is 1.76. The Kier molecular flexibility index (Phi) is 3.54. The number of hydrogen-bond acceptors (Lipinski definition) is 4. The van der Waals surface area contributed by atoms with Gasteiger partial charge in [-0.3, -0.25) is 0 Å². The van der Waals surface area contributed by atoms with Crippen LogP contribution in [-0.2, 0) is 11.3 Å². The van der Waals surface area contributed by atoms with Crippen molar-refractivity contribution in [3.63, 3.8) is 0 Å². The van der Waals surface area contributed by atoms with Crippen molar-refractivity contribution in [3.8, 4) is 11.5 Å². The molecule has 2 rings (SSSR count). The van der Waals surface area contributed by atoms with Crippen LogP contribution in [0.3, 0.4) is 0 Å². The third-order valence-electron chi connectivity index (χ3n) is 3.21. The van der Waals surface area contributed by atoms with Gasteiger partial charge in [0.05, 0.1) is 5.60 Å². The SMILES string of the molecule is CC1(CNCc2cccc(O)c2O)CCCO1. The lowest BCUT2D eigenvalue weighted by Crippen LogP contribution is -2.36. The van der Waals surface area contributed by atoms with Gasteiger partial charge in [0.1, 0.15) is 0 Å². The fourth-order valence-electron chi connectivity index (χ4n) is 2.16. The number of phenolic OH excluding ortho intramolecular Hbond substituents is 2. The molecule has 1 saturated heterocycles. The predicted molar refractivity (Wildman–Crippen MR) is 65.1 cm³/mol. The standard InChI is InChI=1S/C13H19NO3/c1-13(6-3-7-17-13)9-14-8-10-4-2-5-11(15)12(10)16/h2,4-5,14-16H,3,6-9H2,1H3. The van der Waals surface area contributed by atoms with Crippen LogP contribution in [0.25, 0.3) is 0 Å². The van der Waals surface area contributed by atoms with Gasteiger partial charge in [-0.2, -0.15) is 0 Å². The maximum atomic E-state index is 9.63. The molecule has 0 saturated carbocycles. The molecule has 1 fully saturated rings. The maximum absolute atomic E-state index is 9.63. The van der Waals surface area contributed by atoms with E-state index in [4.69, 9.17) is 4.74 Å². The number of para-hydroxylation sites is 1. The van der Waals surface area contributed by atoms with Crippen molar-refractivity contribution in [2.45, 2.75) is 31.9 Å². The van der Waals surface area contributed by atoms with Gasteiger partial charge in [0.2, 0.25) is 0 Å². The molecule has 1 unspecified atom stereocenters. The average molecular weight is 237 g/mol. The van der Waals surface area contributed by atoms with Crippen LogP contribution in [-0.4, -0.2) is 29.0 Å². The highest BCUT2D eigenvalue weighted by molar-refractivity contribution is 5.44. The quantitative estimate of drug-likeness (QED) is 0.698. The summed E-state index contributed by atoms with van der Waals surface area (Å²) in [6, 6.07) is 4.99. The normalized spacial score (nSPS) is 24.1. The fraction of sp³-hybridized carbons (Fsp3) is 0.538. The Labute approximate surface area is 101 Å². The third kappa shape index (κ3) is 2.90. The van der Waals surface area contributed by atoms with Crippen LogP contribution < -0.4 is 5.32 Å². The Balaban J connectivity index is 1.88. The van der Waals surface area contributed by atoms with Crippen molar-refractivity contribution >= 4 is 0 Å². The zero-order valence-electron chi connectivity index (χ0n) is 10.1. The average Bonchev–Trinajstić information content (AvgIpc) is 2.72. The van der Waals surface area contributed by atoms with Gasteiger partial charge in [0.25, 0.3) is 0 Å². The Bertz CT molecular complexity index is 386. The smallest absolute Gasteiger partial charge is 0.161 e. The van der Waals surface area contributed by atoms with Gasteiger partial charge in [-0.05, 0) is 25.8 Å². The van der Waals surface area contributed by atoms with Gasteiger partial charge in [-0.1, -0.05) is 12.1 Å². The molecule has 1 aliphatic rings. The van der Waals surface area contributed by atoms with E-state index < -0.39 is 0 Å². The topological polar surface area (TPSA) is 61.7 Å². The van der Waals surface area contributed by atoms with Gasteiger partial charge < -0.3 is 20.3 Å². The molecule has 1 aromatic rings. The van der Waals surface area contributed by atoms with Crippen molar-refractivity contribution in [1.82, 2.24) is 5.32 Å². The van der Waals surface area contributed by atoms with Crippen LogP contribution >= 0.6 is 0 Å². The van der Waals surface area contributed by atoms with E-state index in [1.54, 1.807) is 12.1 Å². The van der Waals surface area contributed by atoms with E-state index in [1.807, 2.05) is 0 Å². The summed E-state index contributed by atoms with van der Waals surface area (Å²) in [5, 5.41) is 22.2. The van der Waals surface area contributed by atoms with Gasteiger partial charge in [0, 0.05) is 25.3 Å². The molecule has 1 atom stereocenters. The van der Waals surface area contributed by atoms with Crippen LogP contribution in [0.5, 0.6) is 11.5 Å². The maximum Gasteiger partial charge on any atom is 0.161 e. The second kappa shape index (κ2) is 4.94. The van der Waals surface area contributed by atoms with E-state index >= 15 is 0 Å². The molecule has 1 heterocycles. The van der Waals surface area contributed by atoms with Crippen LogP contribution in [0.4, 0.5) is 0 Å². The molecule has 0 aliphatic carbocycles. The number of hydrogen-bond donors (Lipinski definition) is 3. The number of benzene rings is 1. The summed E-state index contributed by atoms with van der Waals surface area (Å²) in [5.74, 6) is -0.120. The Morgan fingerprint density at radius 1 is 1.41 bits per heavy atom. The first-order valence-electron chi connectivity index (χ1n) is 5.95. The Morgan fingerprint density at radius 3 is 2.94 bits per heavy atom. The highest BCUT2D eigenvalue weighted by atomic mass is 16.5. The lowest BCUT2D eigenvalue weighted by Gasteiger charge is -2.23. The number of nitrogens with one attached hydrogen (secondary N) is 1. The number of ether oxygens (including phenoxy) is 1. The lowest BCUT2D eigenvalue weighted by molar-refractivity contribution is 0.0206. The molecule has 1 aromatic carbocycles. The molecule has 4 heteroatoms. The minimum absolute atomic E-state index is 0.0440. The van der Waals surface area contributed by atoms with E-state index in [2.05, 4.69) is 12.2 Å². The minimum Gasteiger partial charge on any atom is -0.504 e. The second-order valence-electron chi connectivity index (χ2n) is 4.79. The number of aromatic hydroxyl groups is 2. The molecule has 4 nitrogen and oxygen atoms in total. The lowest BCUT2D eigenvalue weighted by atomic mass is 10.0. The van der Waals surface area contributed by atoms with Crippen molar-refractivity contribution in [1.29, 1.82) is 0 Å². The first kappa shape index (κ1) is 12.2. The molecule has 94 valence electrons. The highest BCUT2D eigenvalue weighted by Gasteiger charge is 2.29. The summed E-state index contributed by atoms with van der Waals surface area (Å²) in [6.07, 6.45) is 2.17. The van der Waals surface area contributed by atoms with Gasteiger partial charge in [-0.15, -0.1) is 0 Å². The zero-order chi connectivity index (χ0) is 12.3. The molecule has 0 radical (unpaired) electrons. The molecular formula is C13H19NO3. The first-order chi connectivity index (χ1) is 8.11. The minimum atomic E-state index is -0.0908. The molecule has 0 amide bonds. The molecule has 0 bridgehead atoms. The second-order valence-corrected chi connectivity index (χ2v) is 4.79. The van der Waals surface area contributed by atoms with E-state index in [0.717, 1.165) is 26.0 Å². The number of phenols is 2. The summed E-state index contributed by atoms with van der Waals surface area (Å²) in [6.45, 7) is 4.20. The fourth-order valence-corrected chi connectivity index (χ4v) is 2.16. The van der Waals surface area contributed by atoms with E-state index in [9.17, 15) is 10.2 Å².